The average Bonchev–Trinajstić information content (AvgIpc) is 3.44. The van der Waals surface area contributed by atoms with E-state index in [4.69, 9.17) is 9.05 Å². The Hall–Kier alpha value is -3.43. The molecule has 4 rings (SSSR count). The summed E-state index contributed by atoms with van der Waals surface area (Å²) in [5, 5.41) is 14.6. The van der Waals surface area contributed by atoms with Gasteiger partial charge in [-0.05, 0) is 33.1 Å². The Morgan fingerprint density at radius 3 is 2.55 bits per heavy atom. The SMILES string of the molecule is Cc1cc(C(=O)Nc2cnn(C[C@@H]3CCCCN3C(=O)c3cc(C)no3)c2)on1. The van der Waals surface area contributed by atoms with Crippen molar-refractivity contribution in [2.45, 2.75) is 45.7 Å². The molecule has 1 aliphatic heterocycles. The molecule has 3 aromatic heterocycles. The van der Waals surface area contributed by atoms with Crippen molar-refractivity contribution in [3.8, 4) is 0 Å². The van der Waals surface area contributed by atoms with Crippen molar-refractivity contribution in [2.75, 3.05) is 11.9 Å². The van der Waals surface area contributed by atoms with Gasteiger partial charge in [0.15, 0.2) is 0 Å². The second-order valence-corrected chi connectivity index (χ2v) is 7.22. The number of nitrogens with one attached hydrogen (secondary N) is 1. The minimum atomic E-state index is -0.389. The predicted octanol–water partition coefficient (Wildman–Crippen LogP) is 2.42. The molecule has 4 heterocycles. The van der Waals surface area contributed by atoms with Crippen molar-refractivity contribution < 1.29 is 18.6 Å². The van der Waals surface area contributed by atoms with E-state index in [0.29, 0.717) is 30.2 Å². The normalized spacial score (nSPS) is 16.8. The third kappa shape index (κ3) is 4.20. The molecular formula is C19H22N6O4. The number of hydrogen-bond donors (Lipinski definition) is 1. The average molecular weight is 398 g/mol. The number of hydrogen-bond acceptors (Lipinski definition) is 7. The van der Waals surface area contributed by atoms with Gasteiger partial charge in [0.2, 0.25) is 11.5 Å². The van der Waals surface area contributed by atoms with Gasteiger partial charge in [-0.25, -0.2) is 0 Å². The van der Waals surface area contributed by atoms with Crippen molar-refractivity contribution in [2.24, 2.45) is 0 Å². The fraction of sp³-hybridized carbons (Fsp3) is 0.421. The highest BCUT2D eigenvalue weighted by Crippen LogP contribution is 2.22. The van der Waals surface area contributed by atoms with Gasteiger partial charge in [0.05, 0.1) is 35.9 Å². The smallest absolute Gasteiger partial charge is 0.294 e. The first-order chi connectivity index (χ1) is 14.0. The van der Waals surface area contributed by atoms with Gasteiger partial charge in [0.1, 0.15) is 0 Å². The van der Waals surface area contributed by atoms with Gasteiger partial charge in [-0.1, -0.05) is 10.3 Å². The summed E-state index contributed by atoms with van der Waals surface area (Å²) in [5.41, 5.74) is 1.86. The fourth-order valence-corrected chi connectivity index (χ4v) is 3.47. The van der Waals surface area contributed by atoms with E-state index in [9.17, 15) is 9.59 Å². The van der Waals surface area contributed by atoms with Crippen molar-refractivity contribution in [1.82, 2.24) is 25.0 Å². The molecule has 10 heteroatoms. The van der Waals surface area contributed by atoms with Gasteiger partial charge in [0, 0.05) is 24.9 Å². The molecule has 1 atom stereocenters. The third-order valence-corrected chi connectivity index (χ3v) is 4.87. The number of rotatable bonds is 5. The van der Waals surface area contributed by atoms with E-state index < -0.39 is 0 Å². The molecule has 152 valence electrons. The lowest BCUT2D eigenvalue weighted by molar-refractivity contribution is 0.0542. The van der Waals surface area contributed by atoms with Crippen LogP contribution in [0.2, 0.25) is 0 Å². The molecule has 1 aliphatic rings. The van der Waals surface area contributed by atoms with Crippen LogP contribution >= 0.6 is 0 Å². The van der Waals surface area contributed by atoms with E-state index in [2.05, 4.69) is 20.7 Å². The van der Waals surface area contributed by atoms with Crippen LogP contribution < -0.4 is 5.32 Å². The molecule has 0 bridgehead atoms. The lowest BCUT2D eigenvalue weighted by Crippen LogP contribution is -2.45. The van der Waals surface area contributed by atoms with E-state index in [1.165, 1.54) is 0 Å². The van der Waals surface area contributed by atoms with Gasteiger partial charge >= 0.3 is 0 Å². The number of carbonyl (C=O) groups is 2. The number of piperidine rings is 1. The van der Waals surface area contributed by atoms with Gasteiger partial charge in [-0.15, -0.1) is 0 Å². The van der Waals surface area contributed by atoms with Crippen LogP contribution in [0.5, 0.6) is 0 Å². The summed E-state index contributed by atoms with van der Waals surface area (Å²) in [4.78, 5) is 26.8. The van der Waals surface area contributed by atoms with Crippen molar-refractivity contribution >= 4 is 17.5 Å². The van der Waals surface area contributed by atoms with E-state index in [1.54, 1.807) is 43.1 Å². The number of likely N-dealkylation sites (tertiary alicyclic amines) is 1. The summed E-state index contributed by atoms with van der Waals surface area (Å²) in [7, 11) is 0. The molecule has 3 aromatic rings. The number of aryl methyl sites for hydroxylation is 2. The van der Waals surface area contributed by atoms with E-state index in [-0.39, 0.29) is 29.4 Å². The molecule has 0 saturated carbocycles. The molecule has 2 amide bonds. The van der Waals surface area contributed by atoms with E-state index in [1.807, 2.05) is 4.90 Å². The Morgan fingerprint density at radius 1 is 1.14 bits per heavy atom. The Labute approximate surface area is 166 Å². The summed E-state index contributed by atoms with van der Waals surface area (Å²) in [6.07, 6.45) is 6.16. The first-order valence-electron chi connectivity index (χ1n) is 9.51. The summed E-state index contributed by atoms with van der Waals surface area (Å²) in [5.74, 6) is -0.149. The summed E-state index contributed by atoms with van der Waals surface area (Å²) in [6, 6.07) is 3.21. The molecule has 1 fully saturated rings. The van der Waals surface area contributed by atoms with Crippen LogP contribution in [-0.4, -0.2) is 49.4 Å². The highest BCUT2D eigenvalue weighted by molar-refractivity contribution is 6.02. The molecule has 1 saturated heterocycles. The lowest BCUT2D eigenvalue weighted by Gasteiger charge is -2.35. The zero-order valence-electron chi connectivity index (χ0n) is 16.3. The Balaban J connectivity index is 1.42. The maximum Gasteiger partial charge on any atom is 0.294 e. The van der Waals surface area contributed by atoms with Crippen LogP contribution in [-0.2, 0) is 6.54 Å². The number of anilines is 1. The van der Waals surface area contributed by atoms with E-state index in [0.717, 1.165) is 19.3 Å². The Kier molecular flexibility index (Phi) is 5.15. The first-order valence-corrected chi connectivity index (χ1v) is 9.51. The molecule has 0 unspecified atom stereocenters. The van der Waals surface area contributed by atoms with Gasteiger partial charge in [-0.2, -0.15) is 5.10 Å². The maximum atomic E-state index is 12.8. The summed E-state index contributed by atoms with van der Waals surface area (Å²) < 4.78 is 11.8. The van der Waals surface area contributed by atoms with Gasteiger partial charge in [0.25, 0.3) is 11.8 Å². The molecule has 29 heavy (non-hydrogen) atoms. The second-order valence-electron chi connectivity index (χ2n) is 7.22. The summed E-state index contributed by atoms with van der Waals surface area (Å²) in [6.45, 7) is 4.72. The highest BCUT2D eigenvalue weighted by atomic mass is 16.5. The standard InChI is InChI=1S/C19H22N6O4/c1-12-7-16(28-22-12)18(26)21-14-9-20-24(10-14)11-15-5-3-4-6-25(15)19(27)17-8-13(2)23-29-17/h7-10,15H,3-6,11H2,1-2H3,(H,21,26)/t15-/m0/s1. The molecule has 10 nitrogen and oxygen atoms in total. The maximum absolute atomic E-state index is 12.8. The number of carbonyl (C=O) groups excluding carboxylic acids is 2. The number of aromatic nitrogens is 4. The number of nitrogens with zero attached hydrogens (tertiary/aromatic N) is 5. The fourth-order valence-electron chi connectivity index (χ4n) is 3.47. The second kappa shape index (κ2) is 7.90. The minimum Gasteiger partial charge on any atom is -0.351 e. The van der Waals surface area contributed by atoms with E-state index >= 15 is 0 Å². The molecule has 0 aromatic carbocycles. The van der Waals surface area contributed by atoms with Crippen LogP contribution in [0.1, 0.15) is 51.8 Å². The predicted molar refractivity (Wildman–Crippen MR) is 101 cm³/mol. The van der Waals surface area contributed by atoms with Gasteiger partial charge < -0.3 is 19.3 Å². The Bertz CT molecular complexity index is 1020. The molecule has 0 radical (unpaired) electrons. The van der Waals surface area contributed by atoms with Crippen LogP contribution in [0, 0.1) is 13.8 Å². The van der Waals surface area contributed by atoms with Crippen LogP contribution in [0.4, 0.5) is 5.69 Å². The molecule has 1 N–H and O–H groups in total. The zero-order chi connectivity index (χ0) is 20.4. The zero-order valence-corrected chi connectivity index (χ0v) is 16.3. The quantitative estimate of drug-likeness (QED) is 0.701. The highest BCUT2D eigenvalue weighted by Gasteiger charge is 2.30. The molecule has 0 aliphatic carbocycles. The van der Waals surface area contributed by atoms with Crippen LogP contribution in [0.15, 0.2) is 33.6 Å². The van der Waals surface area contributed by atoms with Crippen molar-refractivity contribution in [1.29, 1.82) is 0 Å². The first kappa shape index (κ1) is 18.9. The largest absolute Gasteiger partial charge is 0.351 e. The molecule has 0 spiro atoms. The lowest BCUT2D eigenvalue weighted by atomic mass is 10.0. The van der Waals surface area contributed by atoms with Gasteiger partial charge in [-0.3, -0.25) is 14.3 Å². The van der Waals surface area contributed by atoms with Crippen LogP contribution in [0.3, 0.4) is 0 Å². The minimum absolute atomic E-state index is 0.0120. The third-order valence-electron chi connectivity index (χ3n) is 4.87. The van der Waals surface area contributed by atoms with Crippen molar-refractivity contribution in [3.63, 3.8) is 0 Å². The number of amides is 2. The van der Waals surface area contributed by atoms with Crippen molar-refractivity contribution in [3.05, 3.63) is 47.4 Å². The Morgan fingerprint density at radius 2 is 1.86 bits per heavy atom. The topological polar surface area (TPSA) is 119 Å². The molecular weight excluding hydrogens is 376 g/mol. The monoisotopic (exact) mass is 398 g/mol. The summed E-state index contributed by atoms with van der Waals surface area (Å²) >= 11 is 0. The van der Waals surface area contributed by atoms with Crippen LogP contribution in [0.25, 0.3) is 0 Å².